The number of sulfonamides is 1. The highest BCUT2D eigenvalue weighted by Crippen LogP contribution is 2.22. The summed E-state index contributed by atoms with van der Waals surface area (Å²) >= 11 is 0.890. The van der Waals surface area contributed by atoms with Gasteiger partial charge >= 0.3 is 0 Å². The van der Waals surface area contributed by atoms with Crippen molar-refractivity contribution < 1.29 is 18.1 Å². The lowest BCUT2D eigenvalue weighted by Crippen LogP contribution is -2.45. The number of hydrogen-bond donors (Lipinski definition) is 2. The number of nitrogens with zero attached hydrogens (tertiary/aromatic N) is 3. The lowest BCUT2D eigenvalue weighted by Gasteiger charge is -2.19. The first-order valence-electron chi connectivity index (χ1n) is 9.66. The van der Waals surface area contributed by atoms with Crippen LogP contribution in [-0.2, 0) is 21.2 Å². The number of fused-ring (bicyclic) bond motifs is 1. The van der Waals surface area contributed by atoms with E-state index >= 15 is 0 Å². The minimum absolute atomic E-state index is 0.0616. The van der Waals surface area contributed by atoms with Gasteiger partial charge in [-0.3, -0.25) is 14.9 Å². The van der Waals surface area contributed by atoms with Crippen molar-refractivity contribution in [3.63, 3.8) is 0 Å². The Balaban J connectivity index is 1.64. The first-order chi connectivity index (χ1) is 15.8. The second kappa shape index (κ2) is 9.40. The molecule has 1 atom stereocenters. The molecule has 2 N–H and O–H groups in total. The van der Waals surface area contributed by atoms with Gasteiger partial charge in [0.2, 0.25) is 15.9 Å². The van der Waals surface area contributed by atoms with Crippen molar-refractivity contribution in [3.05, 3.63) is 88.5 Å². The van der Waals surface area contributed by atoms with Crippen molar-refractivity contribution in [1.29, 1.82) is 0 Å². The third-order valence-electron chi connectivity index (χ3n) is 4.76. The number of nitro benzene ring substituents is 1. The Kier molecular flexibility index (Phi) is 6.40. The lowest BCUT2D eigenvalue weighted by atomic mass is 10.1. The van der Waals surface area contributed by atoms with Crippen molar-refractivity contribution in [2.75, 3.05) is 5.32 Å². The van der Waals surface area contributed by atoms with Crippen LogP contribution in [0.4, 0.5) is 11.4 Å². The van der Waals surface area contributed by atoms with Crippen LogP contribution in [0.25, 0.3) is 11.0 Å². The van der Waals surface area contributed by atoms with Crippen molar-refractivity contribution in [1.82, 2.24) is 13.5 Å². The van der Waals surface area contributed by atoms with Gasteiger partial charge in [0.1, 0.15) is 22.0 Å². The van der Waals surface area contributed by atoms with E-state index in [1.807, 2.05) is 6.07 Å². The zero-order valence-electron chi connectivity index (χ0n) is 16.9. The molecule has 0 saturated carbocycles. The number of hydrogen-bond acceptors (Lipinski definition) is 8. The molecule has 0 bridgehead atoms. The number of benzene rings is 3. The van der Waals surface area contributed by atoms with E-state index in [-0.39, 0.29) is 28.2 Å². The summed E-state index contributed by atoms with van der Waals surface area (Å²) < 4.78 is 37.0. The van der Waals surface area contributed by atoms with Crippen LogP contribution in [0, 0.1) is 10.1 Å². The molecule has 0 fully saturated rings. The van der Waals surface area contributed by atoms with E-state index in [0.29, 0.717) is 5.52 Å². The molecule has 168 valence electrons. The number of amides is 1. The van der Waals surface area contributed by atoms with Gasteiger partial charge in [-0.05, 0) is 30.2 Å². The first kappa shape index (κ1) is 22.5. The molecule has 0 spiro atoms. The molecule has 12 heteroatoms. The summed E-state index contributed by atoms with van der Waals surface area (Å²) in [5.41, 5.74) is 1.36. The van der Waals surface area contributed by atoms with Crippen LogP contribution in [0.1, 0.15) is 5.56 Å². The van der Waals surface area contributed by atoms with Gasteiger partial charge in [-0.2, -0.15) is 13.5 Å². The van der Waals surface area contributed by atoms with Gasteiger partial charge in [0, 0.05) is 17.8 Å². The van der Waals surface area contributed by atoms with Crippen LogP contribution in [0.5, 0.6) is 0 Å². The second-order valence-corrected chi connectivity index (χ2v) is 9.26. The van der Waals surface area contributed by atoms with Crippen molar-refractivity contribution in [2.24, 2.45) is 0 Å². The van der Waals surface area contributed by atoms with Gasteiger partial charge in [-0.25, -0.2) is 8.42 Å². The Morgan fingerprint density at radius 3 is 2.55 bits per heavy atom. The summed E-state index contributed by atoms with van der Waals surface area (Å²) in [6.07, 6.45) is 0.0616. The van der Waals surface area contributed by atoms with E-state index in [4.69, 9.17) is 0 Å². The fourth-order valence-electron chi connectivity index (χ4n) is 3.21. The minimum atomic E-state index is -4.15. The normalized spacial score (nSPS) is 12.4. The third-order valence-corrected chi connectivity index (χ3v) is 6.81. The number of nitro groups is 1. The highest BCUT2D eigenvalue weighted by Gasteiger charge is 2.28. The van der Waals surface area contributed by atoms with Crippen molar-refractivity contribution in [3.8, 4) is 0 Å². The molecule has 0 aliphatic heterocycles. The Hall–Kier alpha value is -3.74. The van der Waals surface area contributed by atoms with E-state index in [2.05, 4.69) is 18.8 Å². The zero-order chi connectivity index (χ0) is 23.4. The molecular weight excluding hydrogens is 466 g/mol. The average molecular weight is 484 g/mol. The molecule has 0 aliphatic carbocycles. The van der Waals surface area contributed by atoms with E-state index in [0.717, 1.165) is 17.3 Å². The average Bonchev–Trinajstić information content (AvgIpc) is 3.28. The summed E-state index contributed by atoms with van der Waals surface area (Å²) in [5, 5.41) is 13.6. The number of carbonyl (C=O) groups excluding carboxylic acids is 1. The van der Waals surface area contributed by atoms with Crippen LogP contribution < -0.4 is 10.0 Å². The number of aromatic nitrogens is 2. The number of anilines is 1. The maximum atomic E-state index is 13.2. The number of nitrogens with one attached hydrogen (secondary N) is 2. The Bertz CT molecular complexity index is 1420. The fraction of sp³-hybridized carbons (Fsp3) is 0.0952. The highest BCUT2D eigenvalue weighted by molar-refractivity contribution is 7.89. The Morgan fingerprint density at radius 1 is 1.03 bits per heavy atom. The van der Waals surface area contributed by atoms with Gasteiger partial charge in [0.05, 0.1) is 16.7 Å². The van der Waals surface area contributed by atoms with Gasteiger partial charge in [-0.1, -0.05) is 42.5 Å². The van der Waals surface area contributed by atoms with Gasteiger partial charge in [0.15, 0.2) is 0 Å². The molecule has 3 aromatic carbocycles. The third kappa shape index (κ3) is 5.19. The largest absolute Gasteiger partial charge is 0.324 e. The lowest BCUT2D eigenvalue weighted by molar-refractivity contribution is -0.384. The van der Waals surface area contributed by atoms with Gasteiger partial charge in [-0.15, -0.1) is 0 Å². The molecule has 1 heterocycles. The molecule has 0 saturated heterocycles. The van der Waals surface area contributed by atoms with Crippen LogP contribution in [0.3, 0.4) is 0 Å². The van der Waals surface area contributed by atoms with Crippen molar-refractivity contribution in [2.45, 2.75) is 17.4 Å². The van der Waals surface area contributed by atoms with Crippen LogP contribution in [-0.4, -0.2) is 34.0 Å². The molecule has 0 radical (unpaired) electrons. The second-order valence-electron chi connectivity index (χ2n) is 7.05. The standard InChI is InChI=1S/C21H17N5O5S2/c27-21(22-15-8-4-9-16(13-15)26(28)29)18(12-14-6-2-1-3-7-14)25-33(30,31)19-11-5-10-17-20(19)24-32-23-17/h1-11,13,18,25H,12H2,(H,22,27). The molecule has 0 aliphatic rings. The number of rotatable bonds is 8. The smallest absolute Gasteiger partial charge is 0.271 e. The van der Waals surface area contributed by atoms with E-state index < -0.39 is 26.9 Å². The number of carbonyl (C=O) groups is 1. The SMILES string of the molecule is O=C(Nc1cccc([N+](=O)[O-])c1)C(Cc1ccccc1)NS(=O)(=O)c1cccc2nsnc12. The predicted octanol–water partition coefficient (Wildman–Crippen LogP) is 3.13. The summed E-state index contributed by atoms with van der Waals surface area (Å²) in [6, 6.07) is 17.7. The summed E-state index contributed by atoms with van der Waals surface area (Å²) in [7, 11) is -4.15. The molecule has 4 rings (SSSR count). The van der Waals surface area contributed by atoms with Crippen LogP contribution in [0.15, 0.2) is 77.7 Å². The van der Waals surface area contributed by atoms with Gasteiger partial charge in [0.25, 0.3) is 5.69 Å². The fourth-order valence-corrected chi connectivity index (χ4v) is 5.18. The van der Waals surface area contributed by atoms with E-state index in [9.17, 15) is 23.3 Å². The minimum Gasteiger partial charge on any atom is -0.324 e. The first-order valence-corrected chi connectivity index (χ1v) is 11.9. The van der Waals surface area contributed by atoms with Crippen LogP contribution in [0.2, 0.25) is 0 Å². The summed E-state index contributed by atoms with van der Waals surface area (Å²) in [4.78, 5) is 23.5. The van der Waals surface area contributed by atoms with E-state index in [1.165, 1.54) is 30.3 Å². The van der Waals surface area contributed by atoms with Crippen LogP contribution >= 0.6 is 11.7 Å². The maximum Gasteiger partial charge on any atom is 0.271 e. The molecule has 33 heavy (non-hydrogen) atoms. The zero-order valence-corrected chi connectivity index (χ0v) is 18.5. The Morgan fingerprint density at radius 2 is 1.79 bits per heavy atom. The highest BCUT2D eigenvalue weighted by atomic mass is 32.2. The molecule has 1 amide bonds. The Labute approximate surface area is 192 Å². The molecule has 10 nitrogen and oxygen atoms in total. The quantitative estimate of drug-likeness (QED) is 0.289. The molecule has 1 aromatic heterocycles. The topological polar surface area (TPSA) is 144 Å². The monoisotopic (exact) mass is 483 g/mol. The van der Waals surface area contributed by atoms with Gasteiger partial charge < -0.3 is 5.32 Å². The predicted molar refractivity (Wildman–Crippen MR) is 123 cm³/mol. The maximum absolute atomic E-state index is 13.2. The molecule has 4 aromatic rings. The molecule has 1 unspecified atom stereocenters. The number of non-ortho nitro benzene ring substituents is 1. The summed E-state index contributed by atoms with van der Waals surface area (Å²) in [6.45, 7) is 0. The van der Waals surface area contributed by atoms with E-state index in [1.54, 1.807) is 36.4 Å². The molecular formula is C21H17N5O5S2. The van der Waals surface area contributed by atoms with Crippen molar-refractivity contribution >= 4 is 50.1 Å². The summed E-state index contributed by atoms with van der Waals surface area (Å²) in [5.74, 6) is -0.661.